The number of carbonyl (C=O) groups excluding carboxylic acids is 2. The molecule has 5 heteroatoms. The van der Waals surface area contributed by atoms with Gasteiger partial charge in [0.1, 0.15) is 0 Å². The molecule has 0 aromatic rings. The van der Waals surface area contributed by atoms with Gasteiger partial charge in [-0.05, 0) is 6.42 Å². The second kappa shape index (κ2) is 5.60. The Labute approximate surface area is 102 Å². The van der Waals surface area contributed by atoms with Crippen LogP contribution in [0.15, 0.2) is 0 Å². The van der Waals surface area contributed by atoms with Gasteiger partial charge in [-0.3, -0.25) is 19.4 Å². The van der Waals surface area contributed by atoms with Crippen LogP contribution in [0, 0.1) is 5.92 Å². The van der Waals surface area contributed by atoms with Crippen LogP contribution in [0.2, 0.25) is 0 Å². The van der Waals surface area contributed by atoms with Crippen LogP contribution in [0.4, 0.5) is 0 Å². The van der Waals surface area contributed by atoms with Gasteiger partial charge < -0.3 is 5.32 Å². The van der Waals surface area contributed by atoms with Crippen molar-refractivity contribution in [2.75, 3.05) is 39.3 Å². The monoisotopic (exact) mass is 239 g/mol. The van der Waals surface area contributed by atoms with Gasteiger partial charge >= 0.3 is 0 Å². The third kappa shape index (κ3) is 2.84. The fraction of sp³-hybridized carbons (Fsp3) is 0.833. The van der Waals surface area contributed by atoms with E-state index in [2.05, 4.69) is 10.2 Å². The molecule has 0 spiro atoms. The fourth-order valence-electron chi connectivity index (χ4n) is 2.48. The van der Waals surface area contributed by atoms with Crippen molar-refractivity contribution in [3.05, 3.63) is 0 Å². The molecule has 1 unspecified atom stereocenters. The average Bonchev–Trinajstić information content (AvgIpc) is 2.63. The molecule has 2 rings (SSSR count). The van der Waals surface area contributed by atoms with Gasteiger partial charge in [0.25, 0.3) is 0 Å². The molecule has 0 bridgehead atoms. The first-order valence-electron chi connectivity index (χ1n) is 6.49. The van der Waals surface area contributed by atoms with Crippen LogP contribution in [-0.2, 0) is 9.59 Å². The van der Waals surface area contributed by atoms with Crippen LogP contribution in [-0.4, -0.2) is 60.9 Å². The van der Waals surface area contributed by atoms with E-state index in [0.29, 0.717) is 13.0 Å². The molecule has 2 aliphatic rings. The van der Waals surface area contributed by atoms with Gasteiger partial charge in [-0.15, -0.1) is 0 Å². The van der Waals surface area contributed by atoms with E-state index in [4.69, 9.17) is 0 Å². The molecule has 2 saturated heterocycles. The van der Waals surface area contributed by atoms with Gasteiger partial charge in [0, 0.05) is 51.6 Å². The van der Waals surface area contributed by atoms with Crippen molar-refractivity contribution in [3.8, 4) is 0 Å². The second-order valence-electron chi connectivity index (χ2n) is 4.78. The molecule has 0 aromatic heterocycles. The Kier molecular flexibility index (Phi) is 4.12. The van der Waals surface area contributed by atoms with Gasteiger partial charge in [-0.25, -0.2) is 0 Å². The van der Waals surface area contributed by atoms with Gasteiger partial charge in [0.05, 0.1) is 0 Å². The lowest BCUT2D eigenvalue weighted by Crippen LogP contribution is -2.47. The molecular formula is C12H21N3O2. The zero-order chi connectivity index (χ0) is 12.3. The lowest BCUT2D eigenvalue weighted by molar-refractivity contribution is -0.139. The normalized spacial score (nSPS) is 26.9. The molecule has 2 amide bonds. The van der Waals surface area contributed by atoms with Crippen molar-refractivity contribution >= 4 is 11.8 Å². The number of likely N-dealkylation sites (tertiary alicyclic amines) is 1. The van der Waals surface area contributed by atoms with E-state index in [0.717, 1.165) is 39.1 Å². The van der Waals surface area contributed by atoms with Gasteiger partial charge in [-0.2, -0.15) is 0 Å². The minimum atomic E-state index is -0.0643. The van der Waals surface area contributed by atoms with Crippen molar-refractivity contribution in [2.24, 2.45) is 5.92 Å². The average molecular weight is 239 g/mol. The van der Waals surface area contributed by atoms with Crippen LogP contribution in [0.3, 0.4) is 0 Å². The second-order valence-corrected chi connectivity index (χ2v) is 4.78. The summed E-state index contributed by atoms with van der Waals surface area (Å²) < 4.78 is 0. The SMILES string of the molecule is CCC1CC(=O)N(CCN2CCNCC2)C1=O. The maximum absolute atomic E-state index is 11.9. The Morgan fingerprint density at radius 1 is 1.24 bits per heavy atom. The summed E-state index contributed by atoms with van der Waals surface area (Å²) in [5.41, 5.74) is 0. The van der Waals surface area contributed by atoms with Crippen molar-refractivity contribution in [1.82, 2.24) is 15.1 Å². The zero-order valence-corrected chi connectivity index (χ0v) is 10.4. The molecule has 0 aromatic carbocycles. The maximum Gasteiger partial charge on any atom is 0.232 e. The Hall–Kier alpha value is -0.940. The summed E-state index contributed by atoms with van der Waals surface area (Å²) in [5, 5.41) is 3.29. The van der Waals surface area contributed by atoms with Crippen molar-refractivity contribution in [2.45, 2.75) is 19.8 Å². The summed E-state index contributed by atoms with van der Waals surface area (Å²) in [6.45, 7) is 7.36. The summed E-state index contributed by atoms with van der Waals surface area (Å²) in [6, 6.07) is 0. The minimum Gasteiger partial charge on any atom is -0.314 e. The van der Waals surface area contributed by atoms with E-state index in [9.17, 15) is 9.59 Å². The number of nitrogens with zero attached hydrogens (tertiary/aromatic N) is 2. The van der Waals surface area contributed by atoms with Gasteiger partial charge in [-0.1, -0.05) is 6.92 Å². The van der Waals surface area contributed by atoms with Crippen molar-refractivity contribution in [1.29, 1.82) is 0 Å². The zero-order valence-electron chi connectivity index (χ0n) is 10.4. The van der Waals surface area contributed by atoms with Gasteiger partial charge in [0.2, 0.25) is 11.8 Å². The number of piperazine rings is 1. The number of carbonyl (C=O) groups is 2. The topological polar surface area (TPSA) is 52.7 Å². The summed E-state index contributed by atoms with van der Waals surface area (Å²) in [5.74, 6) is -0.0184. The van der Waals surface area contributed by atoms with E-state index in [-0.39, 0.29) is 17.7 Å². The highest BCUT2D eigenvalue weighted by Gasteiger charge is 2.36. The first kappa shape index (κ1) is 12.5. The molecule has 0 radical (unpaired) electrons. The lowest BCUT2D eigenvalue weighted by Gasteiger charge is -2.28. The van der Waals surface area contributed by atoms with E-state index in [1.165, 1.54) is 4.90 Å². The standard InChI is InChI=1S/C12H21N3O2/c1-2-10-9-11(16)15(12(10)17)8-7-14-5-3-13-4-6-14/h10,13H,2-9H2,1H3. The number of imide groups is 1. The predicted molar refractivity (Wildman–Crippen MR) is 64.4 cm³/mol. The van der Waals surface area contributed by atoms with Crippen LogP contribution < -0.4 is 5.32 Å². The molecule has 2 heterocycles. The summed E-state index contributed by atoms with van der Waals surface area (Å²) >= 11 is 0. The first-order valence-corrected chi connectivity index (χ1v) is 6.49. The van der Waals surface area contributed by atoms with Crippen LogP contribution in [0.1, 0.15) is 19.8 Å². The molecule has 96 valence electrons. The largest absolute Gasteiger partial charge is 0.314 e. The minimum absolute atomic E-state index is 0.0111. The summed E-state index contributed by atoms with van der Waals surface area (Å²) in [7, 11) is 0. The molecule has 17 heavy (non-hydrogen) atoms. The molecule has 0 aliphatic carbocycles. The quantitative estimate of drug-likeness (QED) is 0.683. The maximum atomic E-state index is 11.9. The Bertz CT molecular complexity index is 300. The lowest BCUT2D eigenvalue weighted by atomic mass is 10.1. The third-order valence-corrected chi connectivity index (χ3v) is 3.68. The van der Waals surface area contributed by atoms with Gasteiger partial charge in [0.15, 0.2) is 0 Å². The molecule has 1 N–H and O–H groups in total. The van der Waals surface area contributed by atoms with Crippen LogP contribution in [0.25, 0.3) is 0 Å². The third-order valence-electron chi connectivity index (χ3n) is 3.68. The molecule has 5 nitrogen and oxygen atoms in total. The Balaban J connectivity index is 1.82. The smallest absolute Gasteiger partial charge is 0.232 e. The molecule has 2 fully saturated rings. The molecule has 1 atom stereocenters. The Morgan fingerprint density at radius 3 is 2.53 bits per heavy atom. The highest BCUT2D eigenvalue weighted by Crippen LogP contribution is 2.21. The molecule has 0 saturated carbocycles. The van der Waals surface area contributed by atoms with Crippen molar-refractivity contribution in [3.63, 3.8) is 0 Å². The Morgan fingerprint density at radius 2 is 1.94 bits per heavy atom. The van der Waals surface area contributed by atoms with E-state index in [1.54, 1.807) is 0 Å². The highest BCUT2D eigenvalue weighted by molar-refractivity contribution is 6.03. The summed E-state index contributed by atoms with van der Waals surface area (Å²) in [6.07, 6.45) is 1.19. The number of nitrogens with one attached hydrogen (secondary N) is 1. The number of hydrogen-bond donors (Lipinski definition) is 1. The van der Waals surface area contributed by atoms with E-state index < -0.39 is 0 Å². The van der Waals surface area contributed by atoms with Crippen LogP contribution in [0.5, 0.6) is 0 Å². The number of amides is 2. The summed E-state index contributed by atoms with van der Waals surface area (Å²) in [4.78, 5) is 27.4. The number of rotatable bonds is 4. The van der Waals surface area contributed by atoms with Crippen LogP contribution >= 0.6 is 0 Å². The van der Waals surface area contributed by atoms with E-state index >= 15 is 0 Å². The fourth-order valence-corrected chi connectivity index (χ4v) is 2.48. The van der Waals surface area contributed by atoms with E-state index in [1.807, 2.05) is 6.92 Å². The van der Waals surface area contributed by atoms with Crippen molar-refractivity contribution < 1.29 is 9.59 Å². The predicted octanol–water partition coefficient (Wildman–Crippen LogP) is -0.323. The number of hydrogen-bond acceptors (Lipinski definition) is 4. The molecule has 2 aliphatic heterocycles. The first-order chi connectivity index (χ1) is 8.22. The molecular weight excluding hydrogens is 218 g/mol. The highest BCUT2D eigenvalue weighted by atomic mass is 16.2.